The first kappa shape index (κ1) is 64.2. The number of aliphatic carboxylic acids is 1. The van der Waals surface area contributed by atoms with Gasteiger partial charge in [-0.25, -0.2) is 4.79 Å². The molecule has 4 N–H and O–H groups in total. The monoisotopic (exact) mass is 1090 g/mol. The zero-order valence-electron chi connectivity index (χ0n) is 47.1. The Labute approximate surface area is 459 Å². The molecular weight excluding hydrogens is 1010 g/mol. The Morgan fingerprint density at radius 2 is 0.846 bits per heavy atom. The summed E-state index contributed by atoms with van der Waals surface area (Å²) >= 11 is 0. The minimum Gasteiger partial charge on any atom is -0.542 e. The molecule has 0 spiro atoms. The van der Waals surface area contributed by atoms with Gasteiger partial charge in [0.2, 0.25) is 0 Å². The number of amides is 2. The number of halogens is 3. The molecule has 17 heteroatoms. The predicted octanol–water partition coefficient (Wildman–Crippen LogP) is 10.7. The molecule has 0 bridgehead atoms. The fraction of sp³-hybridized carbons (Fsp3) is 0.475. The van der Waals surface area contributed by atoms with Gasteiger partial charge in [-0.05, 0) is 93.5 Å². The average molecular weight is 1090 g/mol. The lowest BCUT2D eigenvalue weighted by Gasteiger charge is -2.26. The van der Waals surface area contributed by atoms with Gasteiger partial charge in [-0.3, -0.25) is 0 Å². The molecule has 0 aromatic heterocycles. The molecule has 0 atom stereocenters. The van der Waals surface area contributed by atoms with E-state index in [2.05, 4.69) is 134 Å². The number of alkyl halides is 3. The molecule has 2 amide bonds. The van der Waals surface area contributed by atoms with Crippen molar-refractivity contribution >= 4 is 23.4 Å². The Kier molecular flexibility index (Phi) is 26.7. The van der Waals surface area contributed by atoms with Crippen LogP contribution < -0.4 is 40.0 Å². The summed E-state index contributed by atoms with van der Waals surface area (Å²) in [4.78, 5) is 21.7. The van der Waals surface area contributed by atoms with Gasteiger partial charge in [0.05, 0.1) is 52.9 Å². The average Bonchev–Trinajstić information content (AvgIpc) is 3.38. The quantitative estimate of drug-likeness (QED) is 0.135. The summed E-state index contributed by atoms with van der Waals surface area (Å²) in [7, 11) is 0. The number of fused-ring (bicyclic) bond motifs is 2. The molecule has 0 aliphatic carbocycles. The van der Waals surface area contributed by atoms with Crippen molar-refractivity contribution in [2.24, 2.45) is 0 Å². The van der Waals surface area contributed by atoms with Crippen molar-refractivity contribution in [3.63, 3.8) is 0 Å². The van der Waals surface area contributed by atoms with Crippen molar-refractivity contribution in [3.05, 3.63) is 143 Å². The minimum absolute atomic E-state index is 0.123. The van der Waals surface area contributed by atoms with Gasteiger partial charge < -0.3 is 63.7 Å². The second-order valence-electron chi connectivity index (χ2n) is 21.0. The van der Waals surface area contributed by atoms with Crippen LogP contribution in [-0.2, 0) is 47.7 Å². The van der Waals surface area contributed by atoms with Crippen molar-refractivity contribution in [3.8, 4) is 23.0 Å². The summed E-state index contributed by atoms with van der Waals surface area (Å²) in [5.74, 6) is 0.374. The molecule has 1 aliphatic heterocycles. The van der Waals surface area contributed by atoms with Gasteiger partial charge in [0.25, 0.3) is 0 Å². The normalized spacial score (nSPS) is 14.6. The highest BCUT2D eigenvalue weighted by Crippen LogP contribution is 2.34. The van der Waals surface area contributed by atoms with Crippen molar-refractivity contribution in [2.45, 2.75) is 111 Å². The Morgan fingerprint density at radius 1 is 0.500 bits per heavy atom. The van der Waals surface area contributed by atoms with Gasteiger partial charge in [-0.2, -0.15) is 13.2 Å². The number of para-hydroxylation sites is 5. The Balaban J connectivity index is 0.000000304. The van der Waals surface area contributed by atoms with Crippen molar-refractivity contribution in [1.82, 2.24) is 0 Å². The molecule has 0 unspecified atom stereocenters. The minimum atomic E-state index is -5.19. The number of hydrogen-bond donors (Lipinski definition) is 3. The third-order valence-electron chi connectivity index (χ3n) is 11.9. The molecule has 5 aromatic rings. The van der Waals surface area contributed by atoms with Crippen LogP contribution in [0.25, 0.3) is 0 Å². The summed E-state index contributed by atoms with van der Waals surface area (Å²) in [6.07, 6.45) is -5.19. The lowest BCUT2D eigenvalue weighted by Crippen LogP contribution is -2.80. The third kappa shape index (κ3) is 23.7. The maximum absolute atomic E-state index is 12.9. The van der Waals surface area contributed by atoms with Crippen LogP contribution in [0.2, 0.25) is 0 Å². The Morgan fingerprint density at radius 3 is 1.18 bits per heavy atom. The highest BCUT2D eigenvalue weighted by Gasteiger charge is 2.29. The standard InChI is InChI=1S/C35H49N3O.C24H32O8.C2HF3O2/c1-23(2)30-12-11-13-31(24(3)4)32(30)38-33(39)37-29-16-14-25(15-17-29)21-36-22-26-18-27(34(5,6)7)20-28(19-26)35(8,9)10;1-2-6-22-21(5-1)29-17-13-25-9-10-27-15-19-31-23-7-3-4-8-24(23)32-20-16-28-12-11-26-14-18-30-22;3-2(4,5)1(6)7/h11-20,23-24,36H,21-22H2,1-10H3,(H2,37,38,39);1-8H,9-20H2;(H,6,7). The van der Waals surface area contributed by atoms with E-state index in [-0.39, 0.29) is 16.9 Å². The van der Waals surface area contributed by atoms with Gasteiger partial charge in [-0.15, -0.1) is 0 Å². The van der Waals surface area contributed by atoms with E-state index in [1.165, 1.54) is 22.3 Å². The van der Waals surface area contributed by atoms with E-state index >= 15 is 0 Å². The fourth-order valence-corrected chi connectivity index (χ4v) is 7.64. The second-order valence-corrected chi connectivity index (χ2v) is 21.0. The van der Waals surface area contributed by atoms with E-state index in [0.29, 0.717) is 114 Å². The lowest BCUT2D eigenvalue weighted by atomic mass is 9.79. The maximum atomic E-state index is 12.9. The van der Waals surface area contributed by atoms with Crippen LogP contribution in [0.3, 0.4) is 0 Å². The Hall–Kier alpha value is -6.37. The number of ether oxygens (including phenoxy) is 8. The van der Waals surface area contributed by atoms with E-state index in [1.54, 1.807) is 0 Å². The third-order valence-corrected chi connectivity index (χ3v) is 11.9. The van der Waals surface area contributed by atoms with Crippen LogP contribution in [0, 0.1) is 0 Å². The Bertz CT molecular complexity index is 2380. The largest absolute Gasteiger partial charge is 0.542 e. The van der Waals surface area contributed by atoms with Crippen LogP contribution in [0.4, 0.5) is 29.3 Å². The number of nitrogens with one attached hydrogen (secondary N) is 2. The number of hydrogen-bond acceptors (Lipinski definition) is 11. The molecule has 78 heavy (non-hydrogen) atoms. The zero-order valence-corrected chi connectivity index (χ0v) is 47.1. The van der Waals surface area contributed by atoms with Gasteiger partial charge in [0, 0.05) is 22.5 Å². The summed E-state index contributed by atoms with van der Waals surface area (Å²) in [5, 5.41) is 17.3. The van der Waals surface area contributed by atoms with Crippen molar-refractivity contribution < 1.29 is 71.1 Å². The molecule has 6 rings (SSSR count). The second kappa shape index (κ2) is 32.5. The van der Waals surface area contributed by atoms with Crippen LogP contribution in [0.15, 0.2) is 109 Å². The molecule has 0 radical (unpaired) electrons. The van der Waals surface area contributed by atoms with Crippen LogP contribution in [-0.4, -0.2) is 97.5 Å². The number of urea groups is 1. The van der Waals surface area contributed by atoms with Gasteiger partial charge in [0.1, 0.15) is 45.5 Å². The van der Waals surface area contributed by atoms with E-state index in [4.69, 9.17) is 47.8 Å². The first-order valence-corrected chi connectivity index (χ1v) is 26.6. The summed E-state index contributed by atoms with van der Waals surface area (Å²) in [6, 6.07) is 36.4. The van der Waals surface area contributed by atoms with E-state index < -0.39 is 12.1 Å². The van der Waals surface area contributed by atoms with Gasteiger partial charge in [-0.1, -0.05) is 130 Å². The number of carbonyl (C=O) groups excluding carboxylic acids is 2. The van der Waals surface area contributed by atoms with E-state index in [9.17, 15) is 18.0 Å². The number of carbonyl (C=O) groups is 2. The highest BCUT2D eigenvalue weighted by molar-refractivity contribution is 6.01. The van der Waals surface area contributed by atoms with Crippen LogP contribution in [0.1, 0.15) is 114 Å². The summed E-state index contributed by atoms with van der Waals surface area (Å²) in [6.45, 7) is 29.6. The van der Waals surface area contributed by atoms with Crippen LogP contribution >= 0.6 is 0 Å². The first-order chi connectivity index (χ1) is 37.0. The molecule has 14 nitrogen and oxygen atoms in total. The summed E-state index contributed by atoms with van der Waals surface area (Å²) in [5.41, 5.74) is 9.66. The van der Waals surface area contributed by atoms with Gasteiger partial charge in [0.15, 0.2) is 23.0 Å². The molecule has 1 aliphatic rings. The molecule has 1 heterocycles. The summed E-state index contributed by atoms with van der Waals surface area (Å²) < 4.78 is 76.9. The van der Waals surface area contributed by atoms with Crippen molar-refractivity contribution in [2.75, 3.05) is 89.9 Å². The number of benzene rings is 5. The number of quaternary nitrogens is 1. The molecule has 5 aromatic carbocycles. The number of anilines is 2. The highest BCUT2D eigenvalue weighted by atomic mass is 19.4. The smallest absolute Gasteiger partial charge is 0.430 e. The van der Waals surface area contributed by atoms with Crippen LogP contribution in [0.5, 0.6) is 23.0 Å². The number of carboxylic acids is 1. The zero-order chi connectivity index (χ0) is 57.1. The molecule has 428 valence electrons. The fourth-order valence-electron chi connectivity index (χ4n) is 7.64. The van der Waals surface area contributed by atoms with E-state index in [1.807, 2.05) is 60.7 Å². The maximum Gasteiger partial charge on any atom is 0.430 e. The SMILES string of the molecule is CC(C)c1cccc(C(C)C)c1NC(=O)Nc1ccc(C[NH2+]Cc2cc(C(C)(C)C)cc(C(C)(C)C)c2)cc1.O=C([O-])C(F)(F)F.c1ccc2c(c1)OCCOCCOCCOc1ccccc1OCCOCCOCCO2. The molecule has 0 fully saturated rings. The molecule has 0 saturated heterocycles. The molecule has 0 saturated carbocycles. The van der Waals surface area contributed by atoms with Crippen molar-refractivity contribution in [1.29, 1.82) is 0 Å². The lowest BCUT2D eigenvalue weighted by molar-refractivity contribution is -0.686. The number of nitrogens with two attached hydrogens (primary N) is 1. The van der Waals surface area contributed by atoms with E-state index in [0.717, 1.165) is 35.6 Å². The predicted molar refractivity (Wildman–Crippen MR) is 296 cm³/mol. The first-order valence-electron chi connectivity index (χ1n) is 26.6. The topological polar surface area (TPSA) is 172 Å². The van der Waals surface area contributed by atoms with Gasteiger partial charge >= 0.3 is 12.2 Å². The number of rotatable bonds is 8. The molecular formula is C61H82F3N3O11. The number of carboxylic acid groups (broad SMARTS) is 1.